The van der Waals surface area contributed by atoms with Crippen molar-refractivity contribution < 1.29 is 9.59 Å². The van der Waals surface area contributed by atoms with Crippen molar-refractivity contribution in [2.75, 3.05) is 31.1 Å². The van der Waals surface area contributed by atoms with E-state index >= 15 is 0 Å². The SMILES string of the molecule is Cc1cc(Br)cnc1N1CCN(C(=O)C(=O)NC2CC2)CC1. The van der Waals surface area contributed by atoms with Gasteiger partial charge < -0.3 is 15.1 Å². The second-order valence-electron chi connectivity index (χ2n) is 5.82. The van der Waals surface area contributed by atoms with Gasteiger partial charge in [-0.15, -0.1) is 0 Å². The predicted molar refractivity (Wildman–Crippen MR) is 86.6 cm³/mol. The number of hydrogen-bond acceptors (Lipinski definition) is 4. The molecule has 0 unspecified atom stereocenters. The van der Waals surface area contributed by atoms with Crippen molar-refractivity contribution in [1.29, 1.82) is 0 Å². The first-order valence-electron chi connectivity index (χ1n) is 7.51. The molecule has 1 N–H and O–H groups in total. The summed E-state index contributed by atoms with van der Waals surface area (Å²) in [6, 6.07) is 2.25. The van der Waals surface area contributed by atoms with E-state index in [0.29, 0.717) is 26.2 Å². The number of carbonyl (C=O) groups excluding carboxylic acids is 2. The van der Waals surface area contributed by atoms with E-state index in [2.05, 4.69) is 31.1 Å². The highest BCUT2D eigenvalue weighted by Gasteiger charge is 2.31. The molecule has 2 fully saturated rings. The smallest absolute Gasteiger partial charge is 0.312 e. The molecule has 0 aromatic carbocycles. The molecule has 7 heteroatoms. The van der Waals surface area contributed by atoms with Crippen molar-refractivity contribution >= 4 is 33.6 Å². The third-order valence-corrected chi connectivity index (χ3v) is 4.42. The number of carbonyl (C=O) groups is 2. The molecule has 1 aliphatic heterocycles. The van der Waals surface area contributed by atoms with Crippen LogP contribution >= 0.6 is 15.9 Å². The summed E-state index contributed by atoms with van der Waals surface area (Å²) in [5, 5.41) is 2.75. The summed E-state index contributed by atoms with van der Waals surface area (Å²) in [6.45, 7) is 4.51. The van der Waals surface area contributed by atoms with E-state index in [9.17, 15) is 9.59 Å². The molecule has 1 saturated heterocycles. The van der Waals surface area contributed by atoms with Gasteiger partial charge in [0.05, 0.1) is 0 Å². The molecule has 0 radical (unpaired) electrons. The van der Waals surface area contributed by atoms with Crippen molar-refractivity contribution in [2.24, 2.45) is 0 Å². The maximum absolute atomic E-state index is 12.1. The number of piperazine rings is 1. The number of aromatic nitrogens is 1. The van der Waals surface area contributed by atoms with Crippen molar-refractivity contribution in [1.82, 2.24) is 15.2 Å². The zero-order valence-corrected chi connectivity index (χ0v) is 14.1. The van der Waals surface area contributed by atoms with E-state index in [1.807, 2.05) is 13.0 Å². The van der Waals surface area contributed by atoms with Crippen LogP contribution in [0.5, 0.6) is 0 Å². The van der Waals surface area contributed by atoms with E-state index in [1.165, 1.54) is 0 Å². The maximum Gasteiger partial charge on any atom is 0.312 e. The minimum absolute atomic E-state index is 0.215. The number of hydrogen-bond donors (Lipinski definition) is 1. The van der Waals surface area contributed by atoms with Gasteiger partial charge in [-0.1, -0.05) is 0 Å². The zero-order valence-electron chi connectivity index (χ0n) is 12.5. The molecule has 0 atom stereocenters. The first-order valence-corrected chi connectivity index (χ1v) is 8.31. The van der Waals surface area contributed by atoms with Crippen LogP contribution in [0.2, 0.25) is 0 Å². The Bertz CT molecular complexity index is 595. The summed E-state index contributed by atoms with van der Waals surface area (Å²) in [5.41, 5.74) is 1.10. The predicted octanol–water partition coefficient (Wildman–Crippen LogP) is 1.08. The van der Waals surface area contributed by atoms with Crippen molar-refractivity contribution in [3.63, 3.8) is 0 Å². The van der Waals surface area contributed by atoms with Crippen LogP contribution in [-0.4, -0.2) is 53.9 Å². The number of rotatable bonds is 2. The van der Waals surface area contributed by atoms with Gasteiger partial charge in [-0.2, -0.15) is 0 Å². The number of nitrogens with zero attached hydrogens (tertiary/aromatic N) is 3. The summed E-state index contributed by atoms with van der Waals surface area (Å²) in [4.78, 5) is 32.1. The Labute approximate surface area is 138 Å². The first-order chi connectivity index (χ1) is 10.5. The van der Waals surface area contributed by atoms with Crippen LogP contribution in [0.4, 0.5) is 5.82 Å². The average molecular weight is 367 g/mol. The fourth-order valence-corrected chi connectivity index (χ4v) is 3.05. The lowest BCUT2D eigenvalue weighted by Gasteiger charge is -2.35. The van der Waals surface area contributed by atoms with Gasteiger partial charge in [-0.25, -0.2) is 4.98 Å². The molecule has 1 aromatic heterocycles. The highest BCUT2D eigenvalue weighted by atomic mass is 79.9. The summed E-state index contributed by atoms with van der Waals surface area (Å²) >= 11 is 3.41. The van der Waals surface area contributed by atoms with Crippen molar-refractivity contribution in [3.8, 4) is 0 Å². The lowest BCUT2D eigenvalue weighted by molar-refractivity contribution is -0.146. The van der Waals surface area contributed by atoms with Gasteiger partial charge in [0.15, 0.2) is 0 Å². The fourth-order valence-electron chi connectivity index (χ4n) is 2.60. The molecule has 118 valence electrons. The molecule has 6 nitrogen and oxygen atoms in total. The van der Waals surface area contributed by atoms with Gasteiger partial charge in [0, 0.05) is 42.9 Å². The minimum Gasteiger partial charge on any atom is -0.353 e. The van der Waals surface area contributed by atoms with Gasteiger partial charge in [0.25, 0.3) is 0 Å². The molecule has 0 bridgehead atoms. The van der Waals surface area contributed by atoms with Crippen LogP contribution in [0.1, 0.15) is 18.4 Å². The summed E-state index contributed by atoms with van der Waals surface area (Å²) in [6.07, 6.45) is 3.76. The molecule has 1 aromatic rings. The quantitative estimate of drug-likeness (QED) is 0.795. The Hall–Kier alpha value is -1.63. The molecule has 1 aliphatic carbocycles. The van der Waals surface area contributed by atoms with Gasteiger partial charge in [-0.3, -0.25) is 9.59 Å². The van der Waals surface area contributed by atoms with Crippen LogP contribution < -0.4 is 10.2 Å². The molecule has 1 saturated carbocycles. The van der Waals surface area contributed by atoms with Crippen LogP contribution in [0.25, 0.3) is 0 Å². The Balaban J connectivity index is 1.57. The van der Waals surface area contributed by atoms with Gasteiger partial charge >= 0.3 is 11.8 Å². The molecule has 3 rings (SSSR count). The van der Waals surface area contributed by atoms with E-state index in [-0.39, 0.29) is 6.04 Å². The van der Waals surface area contributed by atoms with Crippen LogP contribution in [0, 0.1) is 6.92 Å². The molecule has 22 heavy (non-hydrogen) atoms. The lowest BCUT2D eigenvalue weighted by Crippen LogP contribution is -2.53. The Morgan fingerprint density at radius 3 is 2.55 bits per heavy atom. The Morgan fingerprint density at radius 1 is 1.27 bits per heavy atom. The molecule has 2 heterocycles. The second kappa shape index (κ2) is 6.24. The standard InChI is InChI=1S/C15H19BrN4O2/c1-10-8-11(16)9-17-13(10)19-4-6-20(7-5-19)15(22)14(21)18-12-2-3-12/h8-9,12H,2-7H2,1H3,(H,18,21). The molecular weight excluding hydrogens is 348 g/mol. The van der Waals surface area contributed by atoms with E-state index in [4.69, 9.17) is 0 Å². The van der Waals surface area contributed by atoms with Gasteiger partial charge in [0.1, 0.15) is 5.82 Å². The third-order valence-electron chi connectivity index (χ3n) is 3.99. The molecule has 0 spiro atoms. The number of pyridine rings is 1. The topological polar surface area (TPSA) is 65.5 Å². The molecule has 2 amide bonds. The number of nitrogens with one attached hydrogen (secondary N) is 1. The normalized spacial score (nSPS) is 18.3. The highest BCUT2D eigenvalue weighted by Crippen LogP contribution is 2.22. The number of anilines is 1. The number of halogens is 1. The Morgan fingerprint density at radius 2 is 1.95 bits per heavy atom. The van der Waals surface area contributed by atoms with Crippen molar-refractivity contribution in [3.05, 3.63) is 22.3 Å². The minimum atomic E-state index is -0.464. The largest absolute Gasteiger partial charge is 0.353 e. The molecule has 2 aliphatic rings. The van der Waals surface area contributed by atoms with E-state index in [0.717, 1.165) is 28.7 Å². The maximum atomic E-state index is 12.1. The fraction of sp³-hybridized carbons (Fsp3) is 0.533. The summed E-state index contributed by atoms with van der Waals surface area (Å²) < 4.78 is 0.958. The monoisotopic (exact) mass is 366 g/mol. The summed E-state index contributed by atoms with van der Waals surface area (Å²) in [5.74, 6) is 0.0682. The van der Waals surface area contributed by atoms with Crippen LogP contribution in [-0.2, 0) is 9.59 Å². The number of aryl methyl sites for hydroxylation is 1. The number of amides is 2. The van der Waals surface area contributed by atoms with Crippen LogP contribution in [0.3, 0.4) is 0 Å². The lowest BCUT2D eigenvalue weighted by atomic mass is 10.2. The molecular formula is C15H19BrN4O2. The Kier molecular flexibility index (Phi) is 4.33. The summed E-state index contributed by atoms with van der Waals surface area (Å²) in [7, 11) is 0. The van der Waals surface area contributed by atoms with E-state index < -0.39 is 11.8 Å². The highest BCUT2D eigenvalue weighted by molar-refractivity contribution is 9.10. The first kappa shape index (κ1) is 15.3. The average Bonchev–Trinajstić information content (AvgIpc) is 3.31. The van der Waals surface area contributed by atoms with Gasteiger partial charge in [-0.05, 0) is 47.3 Å². The van der Waals surface area contributed by atoms with Gasteiger partial charge in [0.2, 0.25) is 0 Å². The van der Waals surface area contributed by atoms with Crippen molar-refractivity contribution in [2.45, 2.75) is 25.8 Å². The zero-order chi connectivity index (χ0) is 15.7. The van der Waals surface area contributed by atoms with Crippen LogP contribution in [0.15, 0.2) is 16.7 Å². The third kappa shape index (κ3) is 3.40. The second-order valence-corrected chi connectivity index (χ2v) is 6.74. The van der Waals surface area contributed by atoms with E-state index in [1.54, 1.807) is 11.1 Å².